The standard InChI is InChI=1S/C25H31N5O6S/c1-25(2,3)36-24(32)29-14-18(15-29)10-11-30-21(31)9-8-19-13-26-23(28-22(19)30)27-20-7-5-6-17(12-20)16-35-37(4,33)34/h5-9,12-13,18H,10-11,14-16H2,1-4H3,(H,26,27,28). The van der Waals surface area contributed by atoms with Crippen LogP contribution >= 0.6 is 0 Å². The summed E-state index contributed by atoms with van der Waals surface area (Å²) in [7, 11) is -3.55. The molecule has 198 valence electrons. The maximum atomic E-state index is 12.7. The summed E-state index contributed by atoms with van der Waals surface area (Å²) in [6.07, 6.45) is 3.04. The number of carbonyl (C=O) groups is 1. The van der Waals surface area contributed by atoms with Crippen LogP contribution in [0.1, 0.15) is 32.8 Å². The molecule has 0 bridgehead atoms. The van der Waals surface area contributed by atoms with Gasteiger partial charge in [-0.3, -0.25) is 13.5 Å². The van der Waals surface area contributed by atoms with Crippen LogP contribution < -0.4 is 10.9 Å². The van der Waals surface area contributed by atoms with Crippen molar-refractivity contribution in [3.05, 3.63) is 58.5 Å². The number of nitrogens with zero attached hydrogens (tertiary/aromatic N) is 4. The molecular formula is C25H31N5O6S. The van der Waals surface area contributed by atoms with E-state index in [0.29, 0.717) is 48.9 Å². The monoisotopic (exact) mass is 529 g/mol. The molecule has 0 saturated carbocycles. The van der Waals surface area contributed by atoms with E-state index in [4.69, 9.17) is 8.92 Å². The van der Waals surface area contributed by atoms with Gasteiger partial charge in [0, 0.05) is 43.0 Å². The normalized spacial score (nSPS) is 14.4. The number of fused-ring (bicyclic) bond motifs is 1. The molecule has 0 unspecified atom stereocenters. The Kier molecular flexibility index (Phi) is 7.51. The Hall–Kier alpha value is -3.51. The summed E-state index contributed by atoms with van der Waals surface area (Å²) in [4.78, 5) is 35.4. The van der Waals surface area contributed by atoms with E-state index in [1.165, 1.54) is 6.07 Å². The molecule has 2 aromatic heterocycles. The van der Waals surface area contributed by atoms with Gasteiger partial charge in [-0.15, -0.1) is 0 Å². The van der Waals surface area contributed by atoms with Crippen molar-refractivity contribution in [3.8, 4) is 0 Å². The highest BCUT2D eigenvalue weighted by Gasteiger charge is 2.33. The first kappa shape index (κ1) is 26.6. The van der Waals surface area contributed by atoms with Crippen LogP contribution in [0, 0.1) is 5.92 Å². The van der Waals surface area contributed by atoms with Gasteiger partial charge < -0.3 is 15.0 Å². The van der Waals surface area contributed by atoms with E-state index in [1.54, 1.807) is 46.0 Å². The Morgan fingerprint density at radius 1 is 1.19 bits per heavy atom. The first-order valence-corrected chi connectivity index (χ1v) is 13.7. The van der Waals surface area contributed by atoms with Crippen molar-refractivity contribution in [1.29, 1.82) is 0 Å². The molecule has 1 aromatic carbocycles. The first-order chi connectivity index (χ1) is 17.4. The van der Waals surface area contributed by atoms with E-state index in [0.717, 1.165) is 11.6 Å². The average Bonchev–Trinajstić information content (AvgIpc) is 2.76. The topological polar surface area (TPSA) is 133 Å². The maximum absolute atomic E-state index is 12.7. The number of benzene rings is 1. The molecule has 12 heteroatoms. The fourth-order valence-electron chi connectivity index (χ4n) is 3.93. The number of nitrogens with one attached hydrogen (secondary N) is 1. The number of hydrogen-bond acceptors (Lipinski definition) is 9. The summed E-state index contributed by atoms with van der Waals surface area (Å²) < 4.78 is 34.4. The zero-order valence-electron chi connectivity index (χ0n) is 21.3. The second-order valence-electron chi connectivity index (χ2n) is 10.1. The molecule has 0 aliphatic carbocycles. The molecule has 4 rings (SSSR count). The van der Waals surface area contributed by atoms with Crippen molar-refractivity contribution in [2.75, 3.05) is 24.7 Å². The van der Waals surface area contributed by atoms with Crippen LogP contribution in [-0.2, 0) is 32.2 Å². The highest BCUT2D eigenvalue weighted by molar-refractivity contribution is 7.85. The van der Waals surface area contributed by atoms with Crippen LogP contribution in [0.4, 0.5) is 16.4 Å². The maximum Gasteiger partial charge on any atom is 0.410 e. The molecule has 3 aromatic rings. The summed E-state index contributed by atoms with van der Waals surface area (Å²) >= 11 is 0. The van der Waals surface area contributed by atoms with Crippen molar-refractivity contribution in [2.24, 2.45) is 5.92 Å². The van der Waals surface area contributed by atoms with Crippen molar-refractivity contribution in [2.45, 2.75) is 45.9 Å². The van der Waals surface area contributed by atoms with Crippen molar-refractivity contribution >= 4 is 38.9 Å². The van der Waals surface area contributed by atoms with Gasteiger partial charge in [0.25, 0.3) is 15.7 Å². The molecule has 0 radical (unpaired) electrons. The molecule has 1 aliphatic rings. The van der Waals surface area contributed by atoms with E-state index in [2.05, 4.69) is 15.3 Å². The SMILES string of the molecule is CC(C)(C)OC(=O)N1CC(CCn2c(=O)ccc3cnc(Nc4cccc(COS(C)(=O)=O)c4)nc32)C1. The smallest absolute Gasteiger partial charge is 0.410 e. The van der Waals surface area contributed by atoms with Crippen LogP contribution in [0.25, 0.3) is 11.0 Å². The van der Waals surface area contributed by atoms with Gasteiger partial charge >= 0.3 is 6.09 Å². The lowest BCUT2D eigenvalue weighted by molar-refractivity contribution is -0.00265. The van der Waals surface area contributed by atoms with E-state index in [9.17, 15) is 18.0 Å². The number of rotatable bonds is 8. The predicted octanol–water partition coefficient (Wildman–Crippen LogP) is 3.27. The highest BCUT2D eigenvalue weighted by atomic mass is 32.2. The molecule has 0 atom stereocenters. The number of carbonyl (C=O) groups excluding carboxylic acids is 1. The van der Waals surface area contributed by atoms with Gasteiger partial charge in [0.15, 0.2) is 0 Å². The average molecular weight is 530 g/mol. The highest BCUT2D eigenvalue weighted by Crippen LogP contribution is 2.23. The predicted molar refractivity (Wildman–Crippen MR) is 139 cm³/mol. The molecular weight excluding hydrogens is 498 g/mol. The van der Waals surface area contributed by atoms with Gasteiger partial charge in [0.05, 0.1) is 12.9 Å². The zero-order valence-corrected chi connectivity index (χ0v) is 22.1. The number of aromatic nitrogens is 3. The van der Waals surface area contributed by atoms with E-state index in [-0.39, 0.29) is 24.2 Å². The van der Waals surface area contributed by atoms with Gasteiger partial charge in [-0.2, -0.15) is 13.4 Å². The fraction of sp³-hybridized carbons (Fsp3) is 0.440. The molecule has 1 amide bonds. The Bertz CT molecular complexity index is 1460. The second-order valence-corrected chi connectivity index (χ2v) is 11.8. The molecule has 1 aliphatic heterocycles. The summed E-state index contributed by atoms with van der Waals surface area (Å²) in [5.41, 5.74) is 1.12. The Morgan fingerprint density at radius 2 is 1.95 bits per heavy atom. The molecule has 11 nitrogen and oxygen atoms in total. The number of hydrogen-bond donors (Lipinski definition) is 1. The minimum absolute atomic E-state index is 0.0843. The summed E-state index contributed by atoms with van der Waals surface area (Å²) in [6.45, 7) is 7.07. The van der Waals surface area contributed by atoms with Gasteiger partial charge in [-0.05, 0) is 56.9 Å². The molecule has 1 saturated heterocycles. The fourth-order valence-corrected chi connectivity index (χ4v) is 4.28. The third kappa shape index (κ3) is 7.26. The molecule has 3 heterocycles. The van der Waals surface area contributed by atoms with Gasteiger partial charge in [-0.25, -0.2) is 9.78 Å². The number of aryl methyl sites for hydroxylation is 1. The van der Waals surface area contributed by atoms with Crippen LogP contribution in [0.15, 0.2) is 47.4 Å². The number of ether oxygens (including phenoxy) is 1. The van der Waals surface area contributed by atoms with Crippen LogP contribution in [0.5, 0.6) is 0 Å². The molecule has 1 N–H and O–H groups in total. The minimum atomic E-state index is -3.55. The molecule has 0 spiro atoms. The third-order valence-corrected chi connectivity index (χ3v) is 6.26. The molecule has 37 heavy (non-hydrogen) atoms. The second kappa shape index (κ2) is 10.5. The van der Waals surface area contributed by atoms with Gasteiger partial charge in [0.2, 0.25) is 5.95 Å². The Labute approximate surface area is 215 Å². The zero-order chi connectivity index (χ0) is 26.8. The summed E-state index contributed by atoms with van der Waals surface area (Å²) in [5, 5.41) is 3.83. The van der Waals surface area contributed by atoms with Crippen LogP contribution in [0.2, 0.25) is 0 Å². The minimum Gasteiger partial charge on any atom is -0.444 e. The first-order valence-electron chi connectivity index (χ1n) is 11.9. The number of likely N-dealkylation sites (tertiary alicyclic amines) is 1. The lowest BCUT2D eigenvalue weighted by atomic mass is 9.97. The van der Waals surface area contributed by atoms with Crippen molar-refractivity contribution in [3.63, 3.8) is 0 Å². The Balaban J connectivity index is 1.44. The van der Waals surface area contributed by atoms with E-state index >= 15 is 0 Å². The van der Waals surface area contributed by atoms with Crippen molar-refractivity contribution in [1.82, 2.24) is 19.4 Å². The van der Waals surface area contributed by atoms with Crippen molar-refractivity contribution < 1.29 is 22.1 Å². The number of amides is 1. The Morgan fingerprint density at radius 3 is 2.65 bits per heavy atom. The number of pyridine rings is 1. The lowest BCUT2D eigenvalue weighted by Crippen LogP contribution is -2.51. The third-order valence-electron chi connectivity index (χ3n) is 5.72. The summed E-state index contributed by atoms with van der Waals surface area (Å²) in [6, 6.07) is 10.2. The van der Waals surface area contributed by atoms with Crippen LogP contribution in [-0.4, -0.2) is 58.9 Å². The lowest BCUT2D eigenvalue weighted by Gasteiger charge is -2.39. The van der Waals surface area contributed by atoms with Gasteiger partial charge in [0.1, 0.15) is 11.2 Å². The van der Waals surface area contributed by atoms with Gasteiger partial charge in [-0.1, -0.05) is 12.1 Å². The van der Waals surface area contributed by atoms with E-state index < -0.39 is 15.7 Å². The number of anilines is 2. The van der Waals surface area contributed by atoms with E-state index in [1.807, 2.05) is 20.8 Å². The quantitative estimate of drug-likeness (QED) is 0.437. The molecule has 1 fully saturated rings. The van der Waals surface area contributed by atoms with Crippen LogP contribution in [0.3, 0.4) is 0 Å². The summed E-state index contributed by atoms with van der Waals surface area (Å²) in [5.74, 6) is 0.568. The largest absolute Gasteiger partial charge is 0.444 e.